The summed E-state index contributed by atoms with van der Waals surface area (Å²) in [5, 5.41) is 3.04. The molecule has 9 nitrogen and oxygen atoms in total. The van der Waals surface area contributed by atoms with E-state index in [9.17, 15) is 9.59 Å². The van der Waals surface area contributed by atoms with Crippen molar-refractivity contribution in [1.82, 2.24) is 20.3 Å². The molecule has 1 fully saturated rings. The molecule has 1 N–H and O–H groups in total. The molecule has 2 aliphatic rings. The highest BCUT2D eigenvalue weighted by Gasteiger charge is 2.36. The molecular weight excluding hydrogens is 506 g/mol. The highest BCUT2D eigenvalue weighted by atomic mass is 35.5. The predicted octanol–water partition coefficient (Wildman–Crippen LogP) is 3.83. The summed E-state index contributed by atoms with van der Waals surface area (Å²) in [6.07, 6.45) is 8.19. The first kappa shape index (κ1) is 25.7. The second kappa shape index (κ2) is 10.8. The number of fused-ring (bicyclic) bond motifs is 1. The number of hydrogen-bond acceptors (Lipinski definition) is 8. The van der Waals surface area contributed by atoms with Crippen molar-refractivity contribution in [3.8, 4) is 11.6 Å². The van der Waals surface area contributed by atoms with Crippen molar-refractivity contribution in [3.63, 3.8) is 0 Å². The molecule has 0 saturated carbocycles. The van der Waals surface area contributed by atoms with Crippen LogP contribution in [0.25, 0.3) is 0 Å². The van der Waals surface area contributed by atoms with Crippen LogP contribution in [0.3, 0.4) is 0 Å². The lowest BCUT2D eigenvalue weighted by atomic mass is 9.82. The van der Waals surface area contributed by atoms with E-state index in [0.717, 1.165) is 30.3 Å². The minimum absolute atomic E-state index is 0.0208. The Morgan fingerprint density at radius 1 is 1.18 bits per heavy atom. The molecule has 1 aromatic carbocycles. The van der Waals surface area contributed by atoms with Crippen LogP contribution in [0.2, 0.25) is 5.15 Å². The third-order valence-electron chi connectivity index (χ3n) is 6.91. The van der Waals surface area contributed by atoms with E-state index in [-0.39, 0.29) is 17.1 Å². The SMILES string of the molecule is COc1ccc(OC2CCN(c3nc(C(=O)N[C@@]4(C=O)C=CCc5ccccc54)nc(Cl)c3C)CC2)cn1. The number of nitrogens with zero attached hydrogens (tertiary/aromatic N) is 4. The van der Waals surface area contributed by atoms with Crippen molar-refractivity contribution in [3.05, 3.63) is 82.4 Å². The van der Waals surface area contributed by atoms with Crippen LogP contribution in [0.4, 0.5) is 5.82 Å². The molecule has 1 saturated heterocycles. The number of piperidine rings is 1. The quantitative estimate of drug-likeness (QED) is 0.277. The number of ether oxygens (including phenoxy) is 2. The first-order valence-corrected chi connectivity index (χ1v) is 12.8. The summed E-state index contributed by atoms with van der Waals surface area (Å²) in [5.74, 6) is 1.15. The Morgan fingerprint density at radius 3 is 2.68 bits per heavy atom. The molecule has 1 amide bonds. The molecule has 0 radical (unpaired) electrons. The lowest BCUT2D eigenvalue weighted by molar-refractivity contribution is -0.111. The fourth-order valence-corrected chi connectivity index (χ4v) is 5.04. The second-order valence-corrected chi connectivity index (χ2v) is 9.69. The first-order valence-electron chi connectivity index (χ1n) is 12.4. The molecule has 3 heterocycles. The molecule has 3 aromatic rings. The number of anilines is 1. The number of aromatic nitrogens is 3. The lowest BCUT2D eigenvalue weighted by Crippen LogP contribution is -2.48. The number of halogens is 1. The van der Waals surface area contributed by atoms with Gasteiger partial charge in [0.1, 0.15) is 28.4 Å². The summed E-state index contributed by atoms with van der Waals surface area (Å²) in [6.45, 7) is 3.16. The van der Waals surface area contributed by atoms with Gasteiger partial charge in [0, 0.05) is 37.6 Å². The number of benzene rings is 1. The molecular formula is C28H28ClN5O4. The van der Waals surface area contributed by atoms with Crippen LogP contribution in [0, 0.1) is 6.92 Å². The maximum Gasteiger partial charge on any atom is 0.290 e. The van der Waals surface area contributed by atoms with Gasteiger partial charge in [-0.05, 0) is 30.5 Å². The molecule has 0 unspecified atom stereocenters. The number of nitrogens with one attached hydrogen (secondary N) is 1. The fraction of sp³-hybridized carbons (Fsp3) is 0.321. The highest BCUT2D eigenvalue weighted by Crippen LogP contribution is 2.31. The third kappa shape index (κ3) is 5.06. The number of pyridine rings is 1. The van der Waals surface area contributed by atoms with Crippen molar-refractivity contribution < 1.29 is 19.1 Å². The van der Waals surface area contributed by atoms with E-state index in [0.29, 0.717) is 42.5 Å². The van der Waals surface area contributed by atoms with E-state index >= 15 is 0 Å². The molecule has 5 rings (SSSR count). The van der Waals surface area contributed by atoms with Crippen molar-refractivity contribution >= 4 is 29.6 Å². The van der Waals surface area contributed by atoms with Gasteiger partial charge in [-0.1, -0.05) is 48.0 Å². The molecule has 0 bridgehead atoms. The summed E-state index contributed by atoms with van der Waals surface area (Å²) in [4.78, 5) is 40.7. The Bertz CT molecular complexity index is 1370. The summed E-state index contributed by atoms with van der Waals surface area (Å²) in [6, 6.07) is 11.1. The number of allylic oxidation sites excluding steroid dienone is 1. The van der Waals surface area contributed by atoms with Gasteiger partial charge in [0.2, 0.25) is 11.7 Å². The molecule has 10 heteroatoms. The smallest absolute Gasteiger partial charge is 0.290 e. The molecule has 2 aromatic heterocycles. The van der Waals surface area contributed by atoms with Crippen LogP contribution in [-0.4, -0.2) is 53.4 Å². The van der Waals surface area contributed by atoms with Gasteiger partial charge in [0.25, 0.3) is 5.91 Å². The zero-order chi connectivity index (χ0) is 26.7. The van der Waals surface area contributed by atoms with E-state index in [2.05, 4.69) is 25.2 Å². The van der Waals surface area contributed by atoms with Gasteiger partial charge in [-0.15, -0.1) is 0 Å². The van der Waals surface area contributed by atoms with Crippen molar-refractivity contribution in [2.24, 2.45) is 0 Å². The minimum atomic E-state index is -1.29. The van der Waals surface area contributed by atoms with Gasteiger partial charge < -0.3 is 19.7 Å². The molecule has 1 aliphatic carbocycles. The Labute approximate surface area is 225 Å². The predicted molar refractivity (Wildman–Crippen MR) is 143 cm³/mol. The number of carbonyl (C=O) groups is 2. The maximum atomic E-state index is 13.3. The molecule has 1 aliphatic heterocycles. The molecule has 38 heavy (non-hydrogen) atoms. The standard InChI is InChI=1S/C28H28ClN5O4/c1-18-24(29)31-25(27(36)33-28(17-35)13-5-7-19-6-3-4-8-22(19)28)32-26(18)34-14-11-20(12-15-34)38-21-9-10-23(37-2)30-16-21/h3-6,8-10,13,16-17,20H,7,11-12,14-15H2,1-2H3,(H,33,36)/t28-/m1/s1. The number of rotatable bonds is 7. The Morgan fingerprint density at radius 2 is 1.97 bits per heavy atom. The minimum Gasteiger partial charge on any atom is -0.489 e. The van der Waals surface area contributed by atoms with Crippen LogP contribution in [-0.2, 0) is 16.8 Å². The van der Waals surface area contributed by atoms with E-state index in [1.807, 2.05) is 43.3 Å². The highest BCUT2D eigenvalue weighted by molar-refractivity contribution is 6.30. The summed E-state index contributed by atoms with van der Waals surface area (Å²) in [7, 11) is 1.57. The topological polar surface area (TPSA) is 107 Å². The average molecular weight is 534 g/mol. The second-order valence-electron chi connectivity index (χ2n) is 9.33. The molecule has 0 spiro atoms. The zero-order valence-electron chi connectivity index (χ0n) is 21.2. The largest absolute Gasteiger partial charge is 0.489 e. The van der Waals surface area contributed by atoms with E-state index in [4.69, 9.17) is 21.1 Å². The van der Waals surface area contributed by atoms with E-state index in [1.165, 1.54) is 0 Å². The molecule has 1 atom stereocenters. The van der Waals surface area contributed by atoms with Crippen molar-refractivity contribution in [1.29, 1.82) is 0 Å². The van der Waals surface area contributed by atoms with Gasteiger partial charge in [-0.2, -0.15) is 0 Å². The number of hydrogen-bond donors (Lipinski definition) is 1. The normalized spacial score (nSPS) is 19.0. The van der Waals surface area contributed by atoms with Crippen LogP contribution in [0.15, 0.2) is 54.7 Å². The van der Waals surface area contributed by atoms with E-state index in [1.54, 1.807) is 25.4 Å². The first-order chi connectivity index (χ1) is 18.4. The lowest BCUT2D eigenvalue weighted by Gasteiger charge is -2.34. The van der Waals surface area contributed by atoms with Crippen LogP contribution in [0.5, 0.6) is 11.6 Å². The van der Waals surface area contributed by atoms with Crippen molar-refractivity contribution in [2.45, 2.75) is 37.8 Å². The number of carbonyl (C=O) groups excluding carboxylic acids is 2. The number of aldehydes is 1. The monoisotopic (exact) mass is 533 g/mol. The van der Waals surface area contributed by atoms with Gasteiger partial charge in [0.05, 0.1) is 13.3 Å². The summed E-state index contributed by atoms with van der Waals surface area (Å²) in [5.41, 5.74) is 1.11. The van der Waals surface area contributed by atoms with Crippen LogP contribution in [0.1, 0.15) is 40.2 Å². The van der Waals surface area contributed by atoms with Gasteiger partial charge >= 0.3 is 0 Å². The Balaban J connectivity index is 1.31. The summed E-state index contributed by atoms with van der Waals surface area (Å²) < 4.78 is 11.2. The molecule has 196 valence electrons. The van der Waals surface area contributed by atoms with Crippen LogP contribution < -0.4 is 19.7 Å². The number of amides is 1. The third-order valence-corrected chi connectivity index (χ3v) is 7.28. The number of methoxy groups -OCH3 is 1. The average Bonchev–Trinajstić information content (AvgIpc) is 2.95. The Kier molecular flexibility index (Phi) is 7.28. The van der Waals surface area contributed by atoms with Crippen molar-refractivity contribution in [2.75, 3.05) is 25.1 Å². The maximum absolute atomic E-state index is 13.3. The fourth-order valence-electron chi connectivity index (χ4n) is 4.87. The van der Waals surface area contributed by atoms with Crippen LogP contribution >= 0.6 is 11.6 Å². The Hall–Kier alpha value is -3.98. The van der Waals surface area contributed by atoms with Gasteiger partial charge in [-0.3, -0.25) is 9.59 Å². The summed E-state index contributed by atoms with van der Waals surface area (Å²) >= 11 is 6.45. The van der Waals surface area contributed by atoms with Gasteiger partial charge in [0.15, 0.2) is 6.29 Å². The van der Waals surface area contributed by atoms with E-state index < -0.39 is 11.4 Å². The zero-order valence-corrected chi connectivity index (χ0v) is 21.9. The van der Waals surface area contributed by atoms with Gasteiger partial charge in [-0.25, -0.2) is 15.0 Å².